The number of hydrogen-bond acceptors (Lipinski definition) is 4. The van der Waals surface area contributed by atoms with Gasteiger partial charge in [-0.25, -0.2) is 4.79 Å². The number of para-hydroxylation sites is 1. The standard InChI is InChI=1S/C29H40ClN3O4/c1-9-33(27(35)23(16-18(2)3)31-28(36)37-29(6,7)8)25(21-14-10-12-19(4)17-21)26(34)32-24-20(5)13-11-15-22(24)30/h10-15,17-18,23,25H,9,16H2,1-8H3,(H,31,36)(H,32,34). The fourth-order valence-corrected chi connectivity index (χ4v) is 4.37. The minimum Gasteiger partial charge on any atom is -0.444 e. The number of ether oxygens (including phenoxy) is 1. The van der Waals surface area contributed by atoms with Gasteiger partial charge in [0, 0.05) is 6.54 Å². The van der Waals surface area contributed by atoms with Crippen molar-refractivity contribution in [1.29, 1.82) is 0 Å². The predicted octanol–water partition coefficient (Wildman–Crippen LogP) is 6.42. The molecule has 0 spiro atoms. The normalized spacial score (nSPS) is 13.0. The molecule has 2 unspecified atom stereocenters. The second-order valence-corrected chi connectivity index (χ2v) is 11.1. The van der Waals surface area contributed by atoms with Crippen molar-refractivity contribution in [2.45, 2.75) is 79.5 Å². The molecule has 0 radical (unpaired) electrons. The van der Waals surface area contributed by atoms with Gasteiger partial charge in [0.15, 0.2) is 0 Å². The molecule has 0 aliphatic rings. The number of amides is 3. The second kappa shape index (κ2) is 13.0. The molecule has 2 aromatic carbocycles. The molecule has 0 saturated carbocycles. The maximum absolute atomic E-state index is 14.0. The van der Waals surface area contributed by atoms with E-state index in [2.05, 4.69) is 10.6 Å². The summed E-state index contributed by atoms with van der Waals surface area (Å²) >= 11 is 6.39. The summed E-state index contributed by atoms with van der Waals surface area (Å²) in [6.45, 7) is 15.1. The van der Waals surface area contributed by atoms with Gasteiger partial charge < -0.3 is 20.3 Å². The maximum Gasteiger partial charge on any atom is 0.408 e. The van der Waals surface area contributed by atoms with Gasteiger partial charge in [-0.1, -0.05) is 67.4 Å². The third-order valence-corrected chi connectivity index (χ3v) is 6.02. The van der Waals surface area contributed by atoms with E-state index < -0.39 is 29.7 Å². The van der Waals surface area contributed by atoms with E-state index in [0.717, 1.165) is 11.1 Å². The molecule has 8 heteroatoms. The Kier molecular flexibility index (Phi) is 10.6. The average Bonchev–Trinajstić information content (AvgIpc) is 2.77. The molecule has 3 amide bonds. The molecule has 2 N–H and O–H groups in total. The number of alkyl carbamates (subject to hydrolysis) is 1. The largest absolute Gasteiger partial charge is 0.444 e. The summed E-state index contributed by atoms with van der Waals surface area (Å²) in [5.41, 5.74) is 2.22. The predicted molar refractivity (Wildman–Crippen MR) is 149 cm³/mol. The Bertz CT molecular complexity index is 1090. The van der Waals surface area contributed by atoms with Crippen LogP contribution in [0.5, 0.6) is 0 Å². The molecule has 202 valence electrons. The number of carbonyl (C=O) groups is 3. The number of aryl methyl sites for hydroxylation is 2. The fraction of sp³-hybridized carbons (Fsp3) is 0.483. The summed E-state index contributed by atoms with van der Waals surface area (Å²) in [5.74, 6) is -0.642. The Hall–Kier alpha value is -3.06. The number of nitrogens with one attached hydrogen (secondary N) is 2. The minimum absolute atomic E-state index is 0.111. The fourth-order valence-electron chi connectivity index (χ4n) is 4.10. The highest BCUT2D eigenvalue weighted by Gasteiger charge is 2.36. The van der Waals surface area contributed by atoms with Gasteiger partial charge >= 0.3 is 6.09 Å². The van der Waals surface area contributed by atoms with Crippen LogP contribution in [0, 0.1) is 19.8 Å². The van der Waals surface area contributed by atoms with Gasteiger partial charge in [-0.05, 0) is 71.1 Å². The first kappa shape index (κ1) is 30.2. The van der Waals surface area contributed by atoms with E-state index in [1.165, 1.54) is 4.90 Å². The van der Waals surface area contributed by atoms with Gasteiger partial charge in [-0.15, -0.1) is 0 Å². The molecule has 2 rings (SSSR count). The van der Waals surface area contributed by atoms with Crippen molar-refractivity contribution in [1.82, 2.24) is 10.2 Å². The van der Waals surface area contributed by atoms with Crippen LogP contribution in [-0.4, -0.2) is 41.0 Å². The Morgan fingerprint density at radius 3 is 2.24 bits per heavy atom. The van der Waals surface area contributed by atoms with Gasteiger partial charge in [-0.3, -0.25) is 9.59 Å². The zero-order chi connectivity index (χ0) is 27.9. The highest BCUT2D eigenvalue weighted by Crippen LogP contribution is 2.30. The van der Waals surface area contributed by atoms with Crippen LogP contribution in [0.4, 0.5) is 10.5 Å². The minimum atomic E-state index is -0.942. The van der Waals surface area contributed by atoms with Crippen LogP contribution in [-0.2, 0) is 14.3 Å². The van der Waals surface area contributed by atoms with Crippen molar-refractivity contribution in [3.63, 3.8) is 0 Å². The number of carbonyl (C=O) groups excluding carboxylic acids is 3. The third-order valence-electron chi connectivity index (χ3n) is 5.71. The number of nitrogens with zero attached hydrogens (tertiary/aromatic N) is 1. The first-order valence-corrected chi connectivity index (χ1v) is 13.0. The van der Waals surface area contributed by atoms with E-state index in [1.807, 2.05) is 71.0 Å². The van der Waals surface area contributed by atoms with Crippen molar-refractivity contribution in [2.24, 2.45) is 5.92 Å². The van der Waals surface area contributed by atoms with Crippen LogP contribution in [0.2, 0.25) is 5.02 Å². The maximum atomic E-state index is 14.0. The van der Waals surface area contributed by atoms with Crippen LogP contribution < -0.4 is 10.6 Å². The molecule has 0 fully saturated rings. The van der Waals surface area contributed by atoms with Crippen LogP contribution in [0.1, 0.15) is 70.7 Å². The molecule has 0 saturated heterocycles. The second-order valence-electron chi connectivity index (χ2n) is 10.7. The summed E-state index contributed by atoms with van der Waals surface area (Å²) < 4.78 is 5.41. The topological polar surface area (TPSA) is 87.7 Å². The van der Waals surface area contributed by atoms with E-state index in [1.54, 1.807) is 26.8 Å². The van der Waals surface area contributed by atoms with Crippen molar-refractivity contribution in [3.8, 4) is 0 Å². The number of rotatable bonds is 9. The molecule has 0 heterocycles. The number of likely N-dealkylation sites (N-methyl/N-ethyl adjacent to an activating group) is 1. The van der Waals surface area contributed by atoms with Crippen LogP contribution in [0.3, 0.4) is 0 Å². The smallest absolute Gasteiger partial charge is 0.408 e. The van der Waals surface area contributed by atoms with Crippen LogP contribution in [0.15, 0.2) is 42.5 Å². The quantitative estimate of drug-likeness (QED) is 0.392. The van der Waals surface area contributed by atoms with Crippen LogP contribution in [0.25, 0.3) is 0 Å². The summed E-state index contributed by atoms with van der Waals surface area (Å²) in [5, 5.41) is 6.09. The molecule has 2 aromatic rings. The lowest BCUT2D eigenvalue weighted by Crippen LogP contribution is -2.52. The van der Waals surface area contributed by atoms with Gasteiger partial charge in [-0.2, -0.15) is 0 Å². The number of halogens is 1. The lowest BCUT2D eigenvalue weighted by atomic mass is 9.98. The lowest BCUT2D eigenvalue weighted by Gasteiger charge is -2.34. The number of benzene rings is 2. The molecule has 37 heavy (non-hydrogen) atoms. The molecule has 7 nitrogen and oxygen atoms in total. The molecular weight excluding hydrogens is 490 g/mol. The monoisotopic (exact) mass is 529 g/mol. The van der Waals surface area contributed by atoms with Crippen molar-refractivity contribution < 1.29 is 19.1 Å². The first-order valence-electron chi connectivity index (χ1n) is 12.7. The van der Waals surface area contributed by atoms with E-state index in [-0.39, 0.29) is 18.4 Å². The average molecular weight is 530 g/mol. The van der Waals surface area contributed by atoms with Crippen molar-refractivity contribution in [3.05, 3.63) is 64.2 Å². The molecule has 2 atom stereocenters. The molecular formula is C29H40ClN3O4. The Balaban J connectivity index is 2.49. The van der Waals surface area contributed by atoms with Gasteiger partial charge in [0.1, 0.15) is 17.7 Å². The third kappa shape index (κ3) is 8.78. The van der Waals surface area contributed by atoms with E-state index in [4.69, 9.17) is 16.3 Å². The number of hydrogen-bond donors (Lipinski definition) is 2. The highest BCUT2D eigenvalue weighted by atomic mass is 35.5. The SMILES string of the molecule is CCN(C(=O)C(CC(C)C)NC(=O)OC(C)(C)C)C(C(=O)Nc1c(C)cccc1Cl)c1cccc(C)c1. The molecule has 0 bridgehead atoms. The van der Waals surface area contributed by atoms with Crippen LogP contribution >= 0.6 is 11.6 Å². The zero-order valence-electron chi connectivity index (χ0n) is 23.1. The van der Waals surface area contributed by atoms with E-state index in [0.29, 0.717) is 22.7 Å². The van der Waals surface area contributed by atoms with Crippen molar-refractivity contribution in [2.75, 3.05) is 11.9 Å². The zero-order valence-corrected chi connectivity index (χ0v) is 23.9. The van der Waals surface area contributed by atoms with E-state index >= 15 is 0 Å². The van der Waals surface area contributed by atoms with Gasteiger partial charge in [0.2, 0.25) is 5.91 Å². The summed E-state index contributed by atoms with van der Waals surface area (Å²) in [4.78, 5) is 41.9. The molecule has 0 aliphatic heterocycles. The van der Waals surface area contributed by atoms with Gasteiger partial charge in [0.25, 0.3) is 5.91 Å². The van der Waals surface area contributed by atoms with E-state index in [9.17, 15) is 14.4 Å². The Morgan fingerprint density at radius 2 is 1.70 bits per heavy atom. The Labute approximate surface area is 225 Å². The molecule has 0 aliphatic carbocycles. The van der Waals surface area contributed by atoms with Crippen molar-refractivity contribution >= 4 is 35.2 Å². The summed E-state index contributed by atoms with van der Waals surface area (Å²) in [7, 11) is 0. The summed E-state index contributed by atoms with van der Waals surface area (Å²) in [6.07, 6.45) is -0.286. The summed E-state index contributed by atoms with van der Waals surface area (Å²) in [6, 6.07) is 11.1. The van der Waals surface area contributed by atoms with Gasteiger partial charge in [0.05, 0.1) is 10.7 Å². The first-order chi connectivity index (χ1) is 17.2. The lowest BCUT2D eigenvalue weighted by molar-refractivity contribution is -0.140. The molecule has 0 aromatic heterocycles. The highest BCUT2D eigenvalue weighted by molar-refractivity contribution is 6.34. The number of anilines is 1. The Morgan fingerprint density at radius 1 is 1.05 bits per heavy atom.